The summed E-state index contributed by atoms with van der Waals surface area (Å²) in [6, 6.07) is 6.49. The first kappa shape index (κ1) is 20.9. The Morgan fingerprint density at radius 1 is 1.19 bits per heavy atom. The Morgan fingerprint density at radius 2 is 1.81 bits per heavy atom. The Bertz CT molecular complexity index is 706. The van der Waals surface area contributed by atoms with Crippen LogP contribution in [0.5, 0.6) is 0 Å². The Balaban J connectivity index is 2.05. The van der Waals surface area contributed by atoms with Crippen molar-refractivity contribution in [3.05, 3.63) is 24.3 Å². The van der Waals surface area contributed by atoms with Gasteiger partial charge >= 0.3 is 0 Å². The van der Waals surface area contributed by atoms with Gasteiger partial charge in [-0.1, -0.05) is 33.8 Å². The van der Waals surface area contributed by atoms with Crippen molar-refractivity contribution in [2.75, 3.05) is 38.0 Å². The van der Waals surface area contributed by atoms with Crippen molar-refractivity contribution in [3.8, 4) is 0 Å². The van der Waals surface area contributed by atoms with Crippen molar-refractivity contribution in [2.24, 2.45) is 11.8 Å². The molecule has 0 spiro atoms. The second-order valence-corrected chi connectivity index (χ2v) is 9.24. The molecular formula is C19H31N3O3S. The molecule has 146 valence electrons. The number of carbonyl (C=O) groups is 1. The molecule has 0 saturated carbocycles. The molecule has 2 atom stereocenters. The minimum Gasteiger partial charge on any atom is -0.325 e. The van der Waals surface area contributed by atoms with Crippen LogP contribution in [0.2, 0.25) is 0 Å². The number of rotatable bonds is 7. The number of amides is 1. The van der Waals surface area contributed by atoms with Crippen molar-refractivity contribution >= 4 is 21.6 Å². The molecule has 1 aromatic rings. The molecule has 0 radical (unpaired) electrons. The van der Waals surface area contributed by atoms with Gasteiger partial charge in [0.25, 0.3) is 0 Å². The van der Waals surface area contributed by atoms with Crippen LogP contribution in [0.15, 0.2) is 29.2 Å². The summed E-state index contributed by atoms with van der Waals surface area (Å²) in [6.07, 6.45) is 1.20. The highest BCUT2D eigenvalue weighted by Gasteiger charge is 2.24. The van der Waals surface area contributed by atoms with Gasteiger partial charge in [-0.3, -0.25) is 9.69 Å². The molecule has 1 aromatic carbocycles. The highest BCUT2D eigenvalue weighted by molar-refractivity contribution is 7.89. The molecule has 0 aromatic heterocycles. The standard InChI is InChI=1S/C19H31N3O3S/c1-5-22(6-2)26(24,25)18-9-7-8-17(11-18)20-19(23)14-21-12-15(3)10-16(4)13-21/h7-9,11,15-16H,5-6,10,12-14H2,1-4H3,(H,20,23)/t15-,16-/m0/s1. The summed E-state index contributed by atoms with van der Waals surface area (Å²) >= 11 is 0. The third-order valence-electron chi connectivity index (χ3n) is 4.77. The maximum atomic E-state index is 12.6. The fraction of sp³-hybridized carbons (Fsp3) is 0.632. The van der Waals surface area contributed by atoms with Gasteiger partial charge in [-0.2, -0.15) is 4.31 Å². The molecule has 1 saturated heterocycles. The zero-order chi connectivity index (χ0) is 19.3. The van der Waals surface area contributed by atoms with E-state index in [1.165, 1.54) is 16.8 Å². The molecule has 1 aliphatic rings. The molecule has 0 aliphatic carbocycles. The monoisotopic (exact) mass is 381 g/mol. The quantitative estimate of drug-likeness (QED) is 0.788. The summed E-state index contributed by atoms with van der Waals surface area (Å²) in [7, 11) is -3.53. The molecule has 2 rings (SSSR count). The van der Waals surface area contributed by atoms with Crippen LogP contribution in [0.1, 0.15) is 34.1 Å². The summed E-state index contributed by atoms with van der Waals surface area (Å²) in [4.78, 5) is 14.8. The Morgan fingerprint density at radius 3 is 2.38 bits per heavy atom. The SMILES string of the molecule is CCN(CC)S(=O)(=O)c1cccc(NC(=O)CN2C[C@@H](C)C[C@H](C)C2)c1. The topological polar surface area (TPSA) is 69.7 Å². The summed E-state index contributed by atoms with van der Waals surface area (Å²) in [5.74, 6) is 1.08. The Hall–Kier alpha value is -1.44. The van der Waals surface area contributed by atoms with Crippen molar-refractivity contribution in [1.82, 2.24) is 9.21 Å². The fourth-order valence-electron chi connectivity index (χ4n) is 3.77. The number of carbonyl (C=O) groups excluding carboxylic acids is 1. The van der Waals surface area contributed by atoms with Crippen molar-refractivity contribution < 1.29 is 13.2 Å². The number of benzene rings is 1. The van der Waals surface area contributed by atoms with Gasteiger partial charge in [0.05, 0.1) is 11.4 Å². The van der Waals surface area contributed by atoms with Gasteiger partial charge in [0.15, 0.2) is 0 Å². The van der Waals surface area contributed by atoms with E-state index in [0.717, 1.165) is 13.1 Å². The van der Waals surface area contributed by atoms with Crippen molar-refractivity contribution in [3.63, 3.8) is 0 Å². The molecule has 0 bridgehead atoms. The molecule has 1 N–H and O–H groups in total. The number of nitrogens with zero attached hydrogens (tertiary/aromatic N) is 2. The number of piperidine rings is 1. The number of hydrogen-bond donors (Lipinski definition) is 1. The van der Waals surface area contributed by atoms with Crippen LogP contribution >= 0.6 is 0 Å². The second kappa shape index (κ2) is 8.97. The highest BCUT2D eigenvalue weighted by Crippen LogP contribution is 2.22. The highest BCUT2D eigenvalue weighted by atomic mass is 32.2. The third kappa shape index (κ3) is 5.28. The van der Waals surface area contributed by atoms with Gasteiger partial charge in [0, 0.05) is 31.9 Å². The molecule has 1 aliphatic heterocycles. The normalized spacial score (nSPS) is 21.7. The van der Waals surface area contributed by atoms with Gasteiger partial charge in [0.2, 0.25) is 15.9 Å². The van der Waals surface area contributed by atoms with E-state index < -0.39 is 10.0 Å². The third-order valence-corrected chi connectivity index (χ3v) is 6.82. The number of likely N-dealkylation sites (tertiary alicyclic amines) is 1. The lowest BCUT2D eigenvalue weighted by atomic mass is 9.92. The van der Waals surface area contributed by atoms with E-state index in [1.54, 1.807) is 18.2 Å². The van der Waals surface area contributed by atoms with Crippen LogP contribution < -0.4 is 5.32 Å². The van der Waals surface area contributed by atoms with Crippen LogP contribution in [-0.4, -0.2) is 56.3 Å². The first-order valence-corrected chi connectivity index (χ1v) is 10.8. The lowest BCUT2D eigenvalue weighted by molar-refractivity contribution is -0.117. The van der Waals surface area contributed by atoms with E-state index in [9.17, 15) is 13.2 Å². The van der Waals surface area contributed by atoms with Crippen LogP contribution in [0.4, 0.5) is 5.69 Å². The minimum atomic E-state index is -3.53. The van der Waals surface area contributed by atoms with Gasteiger partial charge < -0.3 is 5.32 Å². The molecule has 1 fully saturated rings. The van der Waals surface area contributed by atoms with Crippen LogP contribution in [-0.2, 0) is 14.8 Å². The molecule has 1 heterocycles. The first-order chi connectivity index (χ1) is 12.3. The van der Waals surface area contributed by atoms with Gasteiger partial charge in [0.1, 0.15) is 0 Å². The molecule has 7 heteroatoms. The predicted octanol–water partition coefficient (Wildman–Crippen LogP) is 2.63. The molecular weight excluding hydrogens is 350 g/mol. The average molecular weight is 382 g/mol. The average Bonchev–Trinajstić information content (AvgIpc) is 2.54. The van der Waals surface area contributed by atoms with Crippen molar-refractivity contribution in [2.45, 2.75) is 39.0 Å². The number of nitrogens with one attached hydrogen (secondary N) is 1. The van der Waals surface area contributed by atoms with Crippen molar-refractivity contribution in [1.29, 1.82) is 0 Å². The zero-order valence-electron chi connectivity index (χ0n) is 16.2. The van der Waals surface area contributed by atoms with E-state index in [0.29, 0.717) is 37.2 Å². The summed E-state index contributed by atoms with van der Waals surface area (Å²) in [6.45, 7) is 11.1. The number of sulfonamides is 1. The van der Waals surface area contributed by atoms with Crippen LogP contribution in [0.25, 0.3) is 0 Å². The number of hydrogen-bond acceptors (Lipinski definition) is 4. The zero-order valence-corrected chi connectivity index (χ0v) is 17.1. The maximum absolute atomic E-state index is 12.6. The van der Waals surface area contributed by atoms with E-state index in [4.69, 9.17) is 0 Å². The molecule has 6 nitrogen and oxygen atoms in total. The Kier molecular flexibility index (Phi) is 7.20. The summed E-state index contributed by atoms with van der Waals surface area (Å²) in [5, 5.41) is 2.84. The van der Waals surface area contributed by atoms with E-state index in [2.05, 4.69) is 24.1 Å². The second-order valence-electron chi connectivity index (χ2n) is 7.31. The molecule has 26 heavy (non-hydrogen) atoms. The fourth-order valence-corrected chi connectivity index (χ4v) is 5.28. The van der Waals surface area contributed by atoms with Gasteiger partial charge in [-0.15, -0.1) is 0 Å². The largest absolute Gasteiger partial charge is 0.325 e. The smallest absolute Gasteiger partial charge is 0.243 e. The lowest BCUT2D eigenvalue weighted by Gasteiger charge is -2.34. The van der Waals surface area contributed by atoms with Gasteiger partial charge in [-0.25, -0.2) is 8.42 Å². The lowest BCUT2D eigenvalue weighted by Crippen LogP contribution is -2.42. The van der Waals surface area contributed by atoms with E-state index >= 15 is 0 Å². The minimum absolute atomic E-state index is 0.108. The maximum Gasteiger partial charge on any atom is 0.243 e. The summed E-state index contributed by atoms with van der Waals surface area (Å²) < 4.78 is 26.7. The van der Waals surface area contributed by atoms with E-state index in [-0.39, 0.29) is 10.8 Å². The van der Waals surface area contributed by atoms with Crippen LogP contribution in [0, 0.1) is 11.8 Å². The Labute approximate surface area is 157 Å². The predicted molar refractivity (Wildman–Crippen MR) is 105 cm³/mol. The summed E-state index contributed by atoms with van der Waals surface area (Å²) in [5.41, 5.74) is 0.515. The molecule has 1 amide bonds. The number of anilines is 1. The van der Waals surface area contributed by atoms with E-state index in [1.807, 2.05) is 13.8 Å². The molecule has 0 unspecified atom stereocenters. The van der Waals surface area contributed by atoms with Crippen LogP contribution in [0.3, 0.4) is 0 Å². The van der Waals surface area contributed by atoms with Gasteiger partial charge in [-0.05, 0) is 36.5 Å². The first-order valence-electron chi connectivity index (χ1n) is 9.38.